The monoisotopic (exact) mass is 224 g/mol. The third-order valence-corrected chi connectivity index (χ3v) is 2.90. The Morgan fingerprint density at radius 3 is 2.25 bits per heavy atom. The fourth-order valence-electron chi connectivity index (χ4n) is 2.11. The number of amides is 1. The highest BCUT2D eigenvalue weighted by Gasteiger charge is 2.20. The van der Waals surface area contributed by atoms with Gasteiger partial charge in [0.05, 0.1) is 5.57 Å². The molecule has 0 spiro atoms. The molecule has 0 heterocycles. The second-order valence-electron chi connectivity index (χ2n) is 4.39. The van der Waals surface area contributed by atoms with Crippen LogP contribution in [0.3, 0.4) is 0 Å². The molecule has 1 aliphatic rings. The van der Waals surface area contributed by atoms with E-state index in [-0.39, 0.29) is 29.0 Å². The third-order valence-electron chi connectivity index (χ3n) is 2.90. The van der Waals surface area contributed by atoms with Crippen LogP contribution in [-0.2, 0) is 4.79 Å². The van der Waals surface area contributed by atoms with Crippen LogP contribution in [0.25, 0.3) is 0 Å². The lowest BCUT2D eigenvalue weighted by atomic mass is 9.95. The average molecular weight is 224 g/mol. The summed E-state index contributed by atoms with van der Waals surface area (Å²) >= 11 is 0. The molecule has 1 amide bonds. The van der Waals surface area contributed by atoms with Crippen LogP contribution in [0.2, 0.25) is 0 Å². The predicted octanol–water partition coefficient (Wildman–Crippen LogP) is 2.31. The summed E-state index contributed by atoms with van der Waals surface area (Å²) in [5.74, 6) is -0.403. The molecule has 16 heavy (non-hydrogen) atoms. The molecule has 0 aromatic rings. The highest BCUT2D eigenvalue weighted by Crippen LogP contribution is 2.18. The molecule has 1 saturated carbocycles. The Balaban J connectivity index is 2.62. The van der Waals surface area contributed by atoms with Crippen LogP contribution in [0.4, 0.5) is 0 Å². The highest BCUT2D eigenvalue weighted by atomic mass is 16.3. The van der Waals surface area contributed by atoms with Crippen LogP contribution in [-0.4, -0.2) is 22.8 Å². The highest BCUT2D eigenvalue weighted by molar-refractivity contribution is 6.19. The molecule has 0 aromatic heterocycles. The summed E-state index contributed by atoms with van der Waals surface area (Å²) in [4.78, 5) is 11.8. The summed E-state index contributed by atoms with van der Waals surface area (Å²) in [6, 6.07) is 0.204. The summed E-state index contributed by atoms with van der Waals surface area (Å²) in [6.07, 6.45) is 5.52. The van der Waals surface area contributed by atoms with Crippen molar-refractivity contribution in [1.29, 1.82) is 5.41 Å². The normalized spacial score (nSPS) is 18.9. The van der Waals surface area contributed by atoms with Gasteiger partial charge in [-0.05, 0) is 26.7 Å². The van der Waals surface area contributed by atoms with Crippen LogP contribution >= 0.6 is 0 Å². The van der Waals surface area contributed by atoms with Crippen LogP contribution in [0, 0.1) is 5.41 Å². The molecule has 0 radical (unpaired) electrons. The number of aliphatic hydroxyl groups excluding tert-OH is 1. The summed E-state index contributed by atoms with van der Waals surface area (Å²) in [7, 11) is 0. The zero-order valence-electron chi connectivity index (χ0n) is 9.97. The van der Waals surface area contributed by atoms with E-state index in [4.69, 9.17) is 5.41 Å². The molecule has 0 atom stereocenters. The first-order valence-corrected chi connectivity index (χ1v) is 5.78. The molecular formula is C12H20N2O2. The summed E-state index contributed by atoms with van der Waals surface area (Å²) in [5.41, 5.74) is 0.207. The Morgan fingerprint density at radius 2 is 1.81 bits per heavy atom. The zero-order valence-corrected chi connectivity index (χ0v) is 9.97. The zero-order chi connectivity index (χ0) is 12.1. The van der Waals surface area contributed by atoms with Crippen molar-refractivity contribution in [2.45, 2.75) is 52.0 Å². The molecule has 0 unspecified atom stereocenters. The van der Waals surface area contributed by atoms with Gasteiger partial charge in [-0.3, -0.25) is 4.79 Å². The van der Waals surface area contributed by atoms with Gasteiger partial charge in [0.25, 0.3) is 5.91 Å². The number of allylic oxidation sites excluding steroid dienone is 1. The Bertz CT molecular complexity index is 311. The molecule has 90 valence electrons. The van der Waals surface area contributed by atoms with Crippen LogP contribution in [0.15, 0.2) is 11.3 Å². The van der Waals surface area contributed by atoms with E-state index < -0.39 is 0 Å². The standard InChI is InChI=1S/C12H20N2O2/c1-8(13)11(9(2)15)12(16)14-10-6-4-3-5-7-10/h10,13,15H,3-7H2,1-2H3,(H,14,16). The van der Waals surface area contributed by atoms with Crippen molar-refractivity contribution < 1.29 is 9.90 Å². The van der Waals surface area contributed by atoms with E-state index >= 15 is 0 Å². The van der Waals surface area contributed by atoms with Crippen molar-refractivity contribution in [3.8, 4) is 0 Å². The number of hydrogen-bond acceptors (Lipinski definition) is 3. The van der Waals surface area contributed by atoms with Crippen LogP contribution in [0.1, 0.15) is 46.0 Å². The largest absolute Gasteiger partial charge is 0.512 e. The average Bonchev–Trinajstić information content (AvgIpc) is 2.17. The van der Waals surface area contributed by atoms with Gasteiger partial charge < -0.3 is 15.8 Å². The summed E-state index contributed by atoms with van der Waals surface area (Å²) in [6.45, 7) is 2.95. The summed E-state index contributed by atoms with van der Waals surface area (Å²) in [5, 5.41) is 19.7. The third kappa shape index (κ3) is 3.36. The molecule has 4 nitrogen and oxygen atoms in total. The van der Waals surface area contributed by atoms with Gasteiger partial charge in [-0.15, -0.1) is 0 Å². The van der Waals surface area contributed by atoms with Gasteiger partial charge in [0, 0.05) is 11.8 Å². The van der Waals surface area contributed by atoms with Gasteiger partial charge >= 0.3 is 0 Å². The topological polar surface area (TPSA) is 73.2 Å². The maximum atomic E-state index is 11.8. The second kappa shape index (κ2) is 5.68. The van der Waals surface area contributed by atoms with Crippen molar-refractivity contribution in [1.82, 2.24) is 5.32 Å². The smallest absolute Gasteiger partial charge is 0.256 e. The Morgan fingerprint density at radius 1 is 1.25 bits per heavy atom. The molecular weight excluding hydrogens is 204 g/mol. The van der Waals surface area contributed by atoms with Crippen molar-refractivity contribution in [3.05, 3.63) is 11.3 Å². The van der Waals surface area contributed by atoms with E-state index in [0.717, 1.165) is 25.7 Å². The molecule has 0 aromatic carbocycles. The molecule has 0 saturated heterocycles. The van der Waals surface area contributed by atoms with E-state index in [2.05, 4.69) is 5.32 Å². The minimum Gasteiger partial charge on any atom is -0.512 e. The van der Waals surface area contributed by atoms with Gasteiger partial charge in [0.1, 0.15) is 5.76 Å². The van der Waals surface area contributed by atoms with Gasteiger partial charge in [-0.1, -0.05) is 19.3 Å². The first-order valence-electron chi connectivity index (χ1n) is 5.78. The summed E-state index contributed by atoms with van der Waals surface area (Å²) < 4.78 is 0. The van der Waals surface area contributed by atoms with Crippen molar-refractivity contribution in [2.24, 2.45) is 0 Å². The number of hydrogen-bond donors (Lipinski definition) is 3. The quantitative estimate of drug-likeness (QED) is 0.391. The van der Waals surface area contributed by atoms with Gasteiger partial charge in [-0.25, -0.2) is 0 Å². The first kappa shape index (κ1) is 12.7. The van der Waals surface area contributed by atoms with E-state index in [1.165, 1.54) is 20.3 Å². The fraction of sp³-hybridized carbons (Fsp3) is 0.667. The maximum Gasteiger partial charge on any atom is 0.256 e. The molecule has 1 aliphatic carbocycles. The predicted molar refractivity (Wildman–Crippen MR) is 63.7 cm³/mol. The number of rotatable bonds is 3. The molecule has 0 bridgehead atoms. The van der Waals surface area contributed by atoms with E-state index in [1.54, 1.807) is 0 Å². The van der Waals surface area contributed by atoms with Gasteiger partial charge in [0.2, 0.25) is 0 Å². The molecule has 1 fully saturated rings. The molecule has 1 rings (SSSR count). The molecule has 4 heteroatoms. The van der Waals surface area contributed by atoms with E-state index in [0.29, 0.717) is 0 Å². The second-order valence-corrected chi connectivity index (χ2v) is 4.39. The number of aliphatic hydroxyl groups is 1. The Kier molecular flexibility index (Phi) is 4.52. The SMILES string of the molecule is CC(=N)C(C(=O)NC1CCCCC1)=C(C)O. The number of carbonyl (C=O) groups excluding carboxylic acids is 1. The molecule has 0 aliphatic heterocycles. The lowest BCUT2D eigenvalue weighted by molar-refractivity contribution is -0.118. The van der Waals surface area contributed by atoms with Crippen LogP contribution < -0.4 is 5.32 Å². The van der Waals surface area contributed by atoms with Crippen molar-refractivity contribution in [3.63, 3.8) is 0 Å². The van der Waals surface area contributed by atoms with Crippen molar-refractivity contribution in [2.75, 3.05) is 0 Å². The van der Waals surface area contributed by atoms with Crippen LogP contribution in [0.5, 0.6) is 0 Å². The van der Waals surface area contributed by atoms with E-state index in [9.17, 15) is 9.90 Å². The molecule has 3 N–H and O–H groups in total. The number of nitrogens with one attached hydrogen (secondary N) is 2. The lowest BCUT2D eigenvalue weighted by Crippen LogP contribution is -2.38. The first-order chi connectivity index (χ1) is 7.52. The van der Waals surface area contributed by atoms with Gasteiger partial charge in [-0.2, -0.15) is 0 Å². The van der Waals surface area contributed by atoms with E-state index in [1.807, 2.05) is 0 Å². The fourth-order valence-corrected chi connectivity index (χ4v) is 2.11. The Hall–Kier alpha value is -1.32. The van der Waals surface area contributed by atoms with Gasteiger partial charge in [0.15, 0.2) is 0 Å². The number of carbonyl (C=O) groups is 1. The lowest BCUT2D eigenvalue weighted by Gasteiger charge is -2.23. The Labute approximate surface area is 96.2 Å². The van der Waals surface area contributed by atoms with Crippen molar-refractivity contribution >= 4 is 11.6 Å². The minimum absolute atomic E-state index is 0.0826. The maximum absolute atomic E-state index is 11.8. The minimum atomic E-state index is -0.320.